The van der Waals surface area contributed by atoms with Crippen molar-refractivity contribution >= 4 is 5.71 Å². The predicted molar refractivity (Wildman–Crippen MR) is 56.5 cm³/mol. The lowest BCUT2D eigenvalue weighted by Gasteiger charge is -2.04. The monoisotopic (exact) mass is 165 g/mol. The summed E-state index contributed by atoms with van der Waals surface area (Å²) < 4.78 is 0. The molecule has 0 aromatic carbocycles. The van der Waals surface area contributed by atoms with Crippen molar-refractivity contribution in [3.8, 4) is 0 Å². The van der Waals surface area contributed by atoms with Gasteiger partial charge in [-0.1, -0.05) is 32.9 Å². The van der Waals surface area contributed by atoms with E-state index < -0.39 is 0 Å². The molecule has 0 heterocycles. The van der Waals surface area contributed by atoms with Gasteiger partial charge in [0.25, 0.3) is 0 Å². The summed E-state index contributed by atoms with van der Waals surface area (Å²) in [6.07, 6.45) is 4.71. The number of allylic oxidation sites excluding steroid dienone is 2. The van der Waals surface area contributed by atoms with E-state index in [1.54, 1.807) is 6.20 Å². The van der Waals surface area contributed by atoms with Crippen LogP contribution in [0.1, 0.15) is 34.1 Å². The smallest absolute Gasteiger partial charge is 0.0400 e. The molecule has 12 heavy (non-hydrogen) atoms. The van der Waals surface area contributed by atoms with Crippen molar-refractivity contribution in [2.45, 2.75) is 34.1 Å². The zero-order chi connectivity index (χ0) is 9.56. The second-order valence-corrected chi connectivity index (χ2v) is 3.20. The van der Waals surface area contributed by atoms with Gasteiger partial charge in [0, 0.05) is 11.9 Å². The van der Waals surface area contributed by atoms with Crippen molar-refractivity contribution in [3.63, 3.8) is 0 Å². The Morgan fingerprint density at radius 3 is 2.42 bits per heavy atom. The van der Waals surface area contributed by atoms with Crippen LogP contribution in [0.25, 0.3) is 0 Å². The second kappa shape index (κ2) is 5.76. The second-order valence-electron chi connectivity index (χ2n) is 3.20. The molecule has 0 spiro atoms. The minimum Gasteiger partial charge on any atom is -0.262 e. The van der Waals surface area contributed by atoms with Crippen molar-refractivity contribution in [2.24, 2.45) is 10.9 Å². The molecule has 0 aliphatic carbocycles. The number of nitrogens with zero attached hydrogens (tertiary/aromatic N) is 1. The zero-order valence-electron chi connectivity index (χ0n) is 8.59. The van der Waals surface area contributed by atoms with E-state index >= 15 is 0 Å². The fraction of sp³-hybridized carbons (Fsp3) is 0.545. The van der Waals surface area contributed by atoms with Crippen LogP contribution in [-0.4, -0.2) is 5.71 Å². The van der Waals surface area contributed by atoms with Gasteiger partial charge < -0.3 is 0 Å². The van der Waals surface area contributed by atoms with Crippen molar-refractivity contribution in [1.82, 2.24) is 0 Å². The maximum Gasteiger partial charge on any atom is 0.0400 e. The van der Waals surface area contributed by atoms with Gasteiger partial charge in [-0.15, -0.1) is 0 Å². The van der Waals surface area contributed by atoms with E-state index in [0.29, 0.717) is 5.92 Å². The first kappa shape index (κ1) is 11.2. The van der Waals surface area contributed by atoms with E-state index in [1.807, 2.05) is 0 Å². The Morgan fingerprint density at radius 1 is 1.50 bits per heavy atom. The standard InChI is InChI=1S/C11H19N/c1-6-11(12-7-2)8-10(5)9(3)4/h7-9H,2,6H2,1,3-5H3/b10-8+,12-11-. The molecule has 0 bridgehead atoms. The van der Waals surface area contributed by atoms with Gasteiger partial charge in [-0.2, -0.15) is 0 Å². The van der Waals surface area contributed by atoms with Crippen LogP contribution < -0.4 is 0 Å². The van der Waals surface area contributed by atoms with Gasteiger partial charge in [0.05, 0.1) is 0 Å². The van der Waals surface area contributed by atoms with E-state index in [1.165, 1.54) is 5.57 Å². The van der Waals surface area contributed by atoms with Gasteiger partial charge in [-0.05, 0) is 25.3 Å². The van der Waals surface area contributed by atoms with Crippen molar-refractivity contribution in [3.05, 3.63) is 24.4 Å². The molecule has 0 N–H and O–H groups in total. The number of rotatable bonds is 4. The Labute approximate surface area is 75.9 Å². The first-order chi connectivity index (χ1) is 5.61. The fourth-order valence-corrected chi connectivity index (χ4v) is 0.777. The van der Waals surface area contributed by atoms with E-state index in [2.05, 4.69) is 45.3 Å². The first-order valence-electron chi connectivity index (χ1n) is 4.47. The normalized spacial score (nSPS) is 13.8. The Balaban J connectivity index is 4.46. The molecule has 0 aromatic rings. The number of hydrogen-bond acceptors (Lipinski definition) is 1. The zero-order valence-corrected chi connectivity index (χ0v) is 8.59. The van der Waals surface area contributed by atoms with Gasteiger partial charge >= 0.3 is 0 Å². The molecular weight excluding hydrogens is 146 g/mol. The summed E-state index contributed by atoms with van der Waals surface area (Å²) >= 11 is 0. The third-order valence-electron chi connectivity index (χ3n) is 1.92. The quantitative estimate of drug-likeness (QED) is 0.564. The molecule has 0 atom stereocenters. The summed E-state index contributed by atoms with van der Waals surface area (Å²) in [7, 11) is 0. The minimum atomic E-state index is 0.603. The van der Waals surface area contributed by atoms with Crippen LogP contribution in [0.3, 0.4) is 0 Å². The van der Waals surface area contributed by atoms with Crippen LogP contribution in [0.15, 0.2) is 29.4 Å². The highest BCUT2D eigenvalue weighted by Gasteiger charge is 1.97. The molecule has 0 aliphatic rings. The van der Waals surface area contributed by atoms with Crippen LogP contribution in [0.4, 0.5) is 0 Å². The molecule has 1 heteroatoms. The lowest BCUT2D eigenvalue weighted by Crippen LogP contribution is -1.96. The summed E-state index contributed by atoms with van der Waals surface area (Å²) in [5.74, 6) is 0.603. The molecule has 0 rings (SSSR count). The third-order valence-corrected chi connectivity index (χ3v) is 1.92. The van der Waals surface area contributed by atoms with Crippen LogP contribution in [0.5, 0.6) is 0 Å². The van der Waals surface area contributed by atoms with Crippen molar-refractivity contribution in [2.75, 3.05) is 0 Å². The summed E-state index contributed by atoms with van der Waals surface area (Å²) in [5.41, 5.74) is 2.48. The van der Waals surface area contributed by atoms with Gasteiger partial charge in [0.2, 0.25) is 0 Å². The molecule has 1 nitrogen and oxygen atoms in total. The predicted octanol–water partition coefficient (Wildman–Crippen LogP) is 3.58. The molecule has 0 saturated heterocycles. The van der Waals surface area contributed by atoms with E-state index in [0.717, 1.165) is 12.1 Å². The van der Waals surface area contributed by atoms with Gasteiger partial charge in [0.1, 0.15) is 0 Å². The van der Waals surface area contributed by atoms with E-state index in [4.69, 9.17) is 0 Å². The minimum absolute atomic E-state index is 0.603. The first-order valence-corrected chi connectivity index (χ1v) is 4.47. The third kappa shape index (κ3) is 4.12. The topological polar surface area (TPSA) is 12.4 Å². The van der Waals surface area contributed by atoms with Crippen molar-refractivity contribution in [1.29, 1.82) is 0 Å². The molecule has 0 fully saturated rings. The summed E-state index contributed by atoms with van der Waals surface area (Å²) in [5, 5.41) is 0. The Kier molecular flexibility index (Phi) is 5.35. The summed E-state index contributed by atoms with van der Waals surface area (Å²) in [6.45, 7) is 12.2. The lowest BCUT2D eigenvalue weighted by atomic mass is 10.0. The molecule has 68 valence electrons. The Morgan fingerprint density at radius 2 is 2.08 bits per heavy atom. The number of hydrogen-bond donors (Lipinski definition) is 0. The lowest BCUT2D eigenvalue weighted by molar-refractivity contribution is 0.770. The molecule has 0 aliphatic heterocycles. The van der Waals surface area contributed by atoms with Gasteiger partial charge in [-0.25, -0.2) is 0 Å². The Hall–Kier alpha value is -0.850. The summed E-state index contributed by atoms with van der Waals surface area (Å²) in [6, 6.07) is 0. The van der Waals surface area contributed by atoms with Crippen LogP contribution >= 0.6 is 0 Å². The highest BCUT2D eigenvalue weighted by molar-refractivity contribution is 5.95. The number of aliphatic imine (C=N–C) groups is 1. The highest BCUT2D eigenvalue weighted by Crippen LogP contribution is 2.08. The van der Waals surface area contributed by atoms with E-state index in [9.17, 15) is 0 Å². The van der Waals surface area contributed by atoms with Gasteiger partial charge in [-0.3, -0.25) is 4.99 Å². The maximum atomic E-state index is 4.17. The average molecular weight is 165 g/mol. The fourth-order valence-electron chi connectivity index (χ4n) is 0.777. The molecule has 0 amide bonds. The average Bonchev–Trinajstić information content (AvgIpc) is 2.03. The van der Waals surface area contributed by atoms with Gasteiger partial charge in [0.15, 0.2) is 0 Å². The Bertz CT molecular complexity index is 197. The molecule has 0 aromatic heterocycles. The SMILES string of the molecule is C=C/N=C(\C=C(/C)C(C)C)CC. The maximum absolute atomic E-state index is 4.17. The largest absolute Gasteiger partial charge is 0.262 e. The molecule has 0 saturated carbocycles. The molecular formula is C11H19N. The van der Waals surface area contributed by atoms with Crippen LogP contribution in [0, 0.1) is 5.92 Å². The summed E-state index contributed by atoms with van der Waals surface area (Å²) in [4.78, 5) is 4.17. The van der Waals surface area contributed by atoms with Crippen LogP contribution in [0.2, 0.25) is 0 Å². The molecule has 0 radical (unpaired) electrons. The van der Waals surface area contributed by atoms with Crippen molar-refractivity contribution < 1.29 is 0 Å². The van der Waals surface area contributed by atoms with Crippen LogP contribution in [-0.2, 0) is 0 Å². The highest BCUT2D eigenvalue weighted by atomic mass is 14.7. The molecule has 0 unspecified atom stereocenters. The van der Waals surface area contributed by atoms with E-state index in [-0.39, 0.29) is 0 Å².